The lowest BCUT2D eigenvalue weighted by molar-refractivity contribution is -0.135. The van der Waals surface area contributed by atoms with E-state index in [1.807, 2.05) is 25.1 Å². The van der Waals surface area contributed by atoms with Gasteiger partial charge in [0.1, 0.15) is 0 Å². The van der Waals surface area contributed by atoms with Crippen LogP contribution in [0.1, 0.15) is 44.7 Å². The number of benzene rings is 1. The Hall–Kier alpha value is -0.850. The minimum absolute atomic E-state index is 0.219. The fraction of sp³-hybridized carbons (Fsp3) is 0.471. The second-order valence-corrected chi connectivity index (χ2v) is 6.47. The summed E-state index contributed by atoms with van der Waals surface area (Å²) < 4.78 is 0. The Kier molecular flexibility index (Phi) is 6.90. The SMILES string of the molecule is CC/C(=C(\C(P)C(=O)O)[C@H](C)CC)c1cc(Cl)ccc1C. The molecule has 2 nitrogen and oxygen atoms in total. The van der Waals surface area contributed by atoms with Crippen molar-refractivity contribution in [2.45, 2.75) is 46.2 Å². The Bertz CT molecular complexity index is 552. The lowest BCUT2D eigenvalue weighted by Crippen LogP contribution is -2.21. The molecule has 0 aliphatic rings. The van der Waals surface area contributed by atoms with Crippen molar-refractivity contribution in [3.05, 3.63) is 39.9 Å². The van der Waals surface area contributed by atoms with Crippen molar-refractivity contribution in [3.8, 4) is 0 Å². The molecule has 1 aromatic carbocycles. The zero-order valence-corrected chi connectivity index (χ0v) is 15.0. The topological polar surface area (TPSA) is 37.3 Å². The molecule has 0 saturated heterocycles. The maximum atomic E-state index is 11.5. The van der Waals surface area contributed by atoms with Gasteiger partial charge in [0.25, 0.3) is 0 Å². The molecule has 0 radical (unpaired) electrons. The van der Waals surface area contributed by atoms with E-state index in [2.05, 4.69) is 30.0 Å². The van der Waals surface area contributed by atoms with Gasteiger partial charge < -0.3 is 5.11 Å². The van der Waals surface area contributed by atoms with E-state index >= 15 is 0 Å². The van der Waals surface area contributed by atoms with Gasteiger partial charge >= 0.3 is 5.97 Å². The normalized spacial score (nSPS) is 15.3. The van der Waals surface area contributed by atoms with E-state index in [4.69, 9.17) is 11.6 Å². The van der Waals surface area contributed by atoms with Gasteiger partial charge in [-0.05, 0) is 60.1 Å². The number of aryl methyl sites for hydroxylation is 1. The third kappa shape index (κ3) is 4.31. The Morgan fingerprint density at radius 3 is 2.48 bits per heavy atom. The fourth-order valence-electron chi connectivity index (χ4n) is 2.61. The van der Waals surface area contributed by atoms with Crippen LogP contribution < -0.4 is 0 Å². The van der Waals surface area contributed by atoms with Crippen LogP contribution in [-0.2, 0) is 4.79 Å². The van der Waals surface area contributed by atoms with Crippen LogP contribution in [0.2, 0.25) is 5.02 Å². The molecule has 1 aromatic rings. The minimum Gasteiger partial charge on any atom is -0.481 e. The van der Waals surface area contributed by atoms with Gasteiger partial charge in [0.05, 0.1) is 5.66 Å². The first-order chi connectivity index (χ1) is 9.83. The number of carboxylic acids is 1. The summed E-state index contributed by atoms with van der Waals surface area (Å²) in [5.41, 5.74) is 3.72. The number of halogens is 1. The molecule has 4 heteroatoms. The van der Waals surface area contributed by atoms with Crippen LogP contribution in [0.3, 0.4) is 0 Å². The van der Waals surface area contributed by atoms with E-state index in [1.54, 1.807) is 0 Å². The van der Waals surface area contributed by atoms with E-state index in [1.165, 1.54) is 0 Å². The molecule has 0 bridgehead atoms. The van der Waals surface area contributed by atoms with Crippen LogP contribution in [0.4, 0.5) is 0 Å². The average Bonchev–Trinajstić information content (AvgIpc) is 2.46. The minimum atomic E-state index is -0.805. The summed E-state index contributed by atoms with van der Waals surface area (Å²) in [7, 11) is 2.47. The Balaban J connectivity index is 3.58. The summed E-state index contributed by atoms with van der Waals surface area (Å²) in [6.45, 7) is 8.28. The van der Waals surface area contributed by atoms with Gasteiger partial charge in [-0.1, -0.05) is 38.4 Å². The number of aliphatic carboxylic acids is 1. The number of carboxylic acid groups (broad SMARTS) is 1. The van der Waals surface area contributed by atoms with Crippen molar-refractivity contribution < 1.29 is 9.90 Å². The highest BCUT2D eigenvalue weighted by atomic mass is 35.5. The molecule has 21 heavy (non-hydrogen) atoms. The van der Waals surface area contributed by atoms with Crippen molar-refractivity contribution in [2.24, 2.45) is 5.92 Å². The predicted molar refractivity (Wildman–Crippen MR) is 94.0 cm³/mol. The van der Waals surface area contributed by atoms with Gasteiger partial charge in [-0.2, -0.15) is 0 Å². The predicted octanol–water partition coefficient (Wildman–Crippen LogP) is 5.19. The first kappa shape index (κ1) is 18.2. The highest BCUT2D eigenvalue weighted by molar-refractivity contribution is 7.20. The third-order valence-corrected chi connectivity index (χ3v) is 4.85. The fourth-order valence-corrected chi connectivity index (χ4v) is 3.32. The summed E-state index contributed by atoms with van der Waals surface area (Å²) >= 11 is 6.13. The van der Waals surface area contributed by atoms with Crippen LogP contribution in [0.15, 0.2) is 23.8 Å². The molecule has 0 aromatic heterocycles. The quantitative estimate of drug-likeness (QED) is 0.731. The maximum absolute atomic E-state index is 11.5. The third-order valence-electron chi connectivity index (χ3n) is 3.97. The largest absolute Gasteiger partial charge is 0.481 e. The van der Waals surface area contributed by atoms with Gasteiger partial charge in [0, 0.05) is 5.02 Å². The molecule has 116 valence electrons. The van der Waals surface area contributed by atoms with E-state index in [0.717, 1.165) is 35.1 Å². The first-order valence-corrected chi connectivity index (χ1v) is 8.35. The summed E-state index contributed by atoms with van der Waals surface area (Å²) in [5.74, 6) is -0.585. The number of carbonyl (C=O) groups is 1. The molecule has 0 saturated carbocycles. The molecule has 0 aliphatic carbocycles. The smallest absolute Gasteiger partial charge is 0.314 e. The van der Waals surface area contributed by atoms with E-state index in [9.17, 15) is 9.90 Å². The molecule has 1 N–H and O–H groups in total. The van der Waals surface area contributed by atoms with Crippen LogP contribution in [0.5, 0.6) is 0 Å². The Morgan fingerprint density at radius 2 is 2.00 bits per heavy atom. The molecule has 0 spiro atoms. The zero-order chi connectivity index (χ0) is 16.2. The van der Waals surface area contributed by atoms with Crippen LogP contribution >= 0.6 is 20.8 Å². The lowest BCUT2D eigenvalue weighted by atomic mass is 9.85. The Morgan fingerprint density at radius 1 is 1.38 bits per heavy atom. The molecular weight excluding hydrogens is 303 g/mol. The van der Waals surface area contributed by atoms with Gasteiger partial charge in [-0.25, -0.2) is 0 Å². The number of rotatable bonds is 6. The van der Waals surface area contributed by atoms with Gasteiger partial charge in [0.15, 0.2) is 0 Å². The molecule has 1 rings (SSSR count). The summed E-state index contributed by atoms with van der Waals surface area (Å²) in [5, 5.41) is 10.1. The summed E-state index contributed by atoms with van der Waals surface area (Å²) in [6.07, 6.45) is 1.70. The van der Waals surface area contributed by atoms with Crippen LogP contribution in [0, 0.1) is 12.8 Å². The molecule has 0 heterocycles. The number of allylic oxidation sites excluding steroid dienone is 1. The second kappa shape index (κ2) is 7.96. The Labute approximate surface area is 134 Å². The standard InChI is InChI=1S/C17H24ClO2P/c1-5-10(3)15(16(21)17(19)20)13(6-2)14-9-12(18)8-7-11(14)4/h7-10,16H,5-6,21H2,1-4H3,(H,19,20)/b15-13+/t10-,16?/m1/s1. The van der Waals surface area contributed by atoms with Gasteiger partial charge in [-0.15, -0.1) is 9.24 Å². The second-order valence-electron chi connectivity index (χ2n) is 5.37. The highest BCUT2D eigenvalue weighted by Crippen LogP contribution is 2.36. The molecule has 0 fully saturated rings. The molecular formula is C17H24ClO2P. The van der Waals surface area contributed by atoms with Crippen molar-refractivity contribution in [3.63, 3.8) is 0 Å². The molecule has 2 unspecified atom stereocenters. The first-order valence-electron chi connectivity index (χ1n) is 7.31. The summed E-state index contributed by atoms with van der Waals surface area (Å²) in [6, 6.07) is 5.80. The summed E-state index contributed by atoms with van der Waals surface area (Å²) in [4.78, 5) is 11.5. The monoisotopic (exact) mass is 326 g/mol. The lowest BCUT2D eigenvalue weighted by Gasteiger charge is -2.24. The highest BCUT2D eigenvalue weighted by Gasteiger charge is 2.25. The maximum Gasteiger partial charge on any atom is 0.314 e. The zero-order valence-electron chi connectivity index (χ0n) is 13.1. The van der Waals surface area contributed by atoms with Gasteiger partial charge in [-0.3, -0.25) is 4.79 Å². The van der Waals surface area contributed by atoms with E-state index in [-0.39, 0.29) is 5.92 Å². The van der Waals surface area contributed by atoms with Gasteiger partial charge in [0.2, 0.25) is 0 Å². The molecule has 3 atom stereocenters. The van der Waals surface area contributed by atoms with Crippen molar-refractivity contribution >= 4 is 32.4 Å². The van der Waals surface area contributed by atoms with Crippen molar-refractivity contribution in [2.75, 3.05) is 0 Å². The molecule has 0 aliphatic heterocycles. The van der Waals surface area contributed by atoms with Crippen LogP contribution in [-0.4, -0.2) is 16.7 Å². The van der Waals surface area contributed by atoms with Crippen molar-refractivity contribution in [1.82, 2.24) is 0 Å². The van der Waals surface area contributed by atoms with E-state index in [0.29, 0.717) is 5.02 Å². The number of hydrogen-bond acceptors (Lipinski definition) is 1. The van der Waals surface area contributed by atoms with Crippen molar-refractivity contribution in [1.29, 1.82) is 0 Å². The van der Waals surface area contributed by atoms with Crippen LogP contribution in [0.25, 0.3) is 5.57 Å². The molecule has 0 amide bonds. The van der Waals surface area contributed by atoms with E-state index < -0.39 is 11.6 Å². The number of hydrogen-bond donors (Lipinski definition) is 1. The average molecular weight is 327 g/mol.